The predicted octanol–water partition coefficient (Wildman–Crippen LogP) is 6.27. The molecule has 3 radical (unpaired) electrons. The van der Waals surface area contributed by atoms with Crippen LogP contribution in [0.25, 0.3) is 11.1 Å². The maximum absolute atomic E-state index is 13.7. The highest BCUT2D eigenvalue weighted by Gasteiger charge is 2.19. The Balaban J connectivity index is 1.59. The summed E-state index contributed by atoms with van der Waals surface area (Å²) in [7, 11) is 3.65. The van der Waals surface area contributed by atoms with E-state index >= 15 is 0 Å². The van der Waals surface area contributed by atoms with E-state index in [4.69, 9.17) is 0 Å². The summed E-state index contributed by atoms with van der Waals surface area (Å²) in [4.78, 5) is 0. The molecule has 3 heteroatoms. The van der Waals surface area contributed by atoms with Crippen LogP contribution >= 0.6 is 0 Å². The third kappa shape index (κ3) is 4.57. The fourth-order valence-electron chi connectivity index (χ4n) is 3.77. The van der Waals surface area contributed by atoms with Gasteiger partial charge in [0, 0.05) is 15.8 Å². The second-order valence-corrected chi connectivity index (χ2v) is 7.80. The second kappa shape index (κ2) is 8.26. The normalized spacial score (nSPS) is 20.6. The monoisotopic (exact) mass is 355 g/mol. The molecule has 131 valence electrons. The van der Waals surface area contributed by atoms with Crippen LogP contribution in [0.5, 0.6) is 0 Å². The topological polar surface area (TPSA) is 0 Å². The Kier molecular flexibility index (Phi) is 6.05. The van der Waals surface area contributed by atoms with Gasteiger partial charge in [0.1, 0.15) is 11.6 Å². The Morgan fingerprint density at radius 1 is 0.880 bits per heavy atom. The van der Waals surface area contributed by atoms with E-state index in [2.05, 4.69) is 22.4 Å². The molecule has 0 N–H and O–H groups in total. The van der Waals surface area contributed by atoms with E-state index < -0.39 is 11.6 Å². The summed E-state index contributed by atoms with van der Waals surface area (Å²) in [6.07, 6.45) is 7.70. The number of aryl methyl sites for hydroxylation is 1. The van der Waals surface area contributed by atoms with E-state index in [9.17, 15) is 8.78 Å². The molecule has 0 heterocycles. The SMILES string of the molecule is Cc1c(F)cc(-c2ccc(CCC3CCC(C[Si])CC3)cc2)cc1F. The van der Waals surface area contributed by atoms with Gasteiger partial charge in [-0.15, -0.1) is 0 Å². The van der Waals surface area contributed by atoms with Crippen molar-refractivity contribution in [3.8, 4) is 11.1 Å². The lowest BCUT2D eigenvalue weighted by Crippen LogP contribution is -2.14. The molecule has 1 aliphatic rings. The number of benzene rings is 2. The summed E-state index contributed by atoms with van der Waals surface area (Å²) < 4.78 is 27.5. The Morgan fingerprint density at radius 3 is 2.00 bits per heavy atom. The molecule has 3 rings (SSSR count). The van der Waals surface area contributed by atoms with Crippen molar-refractivity contribution >= 4 is 10.2 Å². The summed E-state index contributed by atoms with van der Waals surface area (Å²) in [5, 5.41) is 0. The van der Waals surface area contributed by atoms with Crippen LogP contribution in [0.4, 0.5) is 8.78 Å². The molecule has 1 aliphatic carbocycles. The van der Waals surface area contributed by atoms with Gasteiger partial charge >= 0.3 is 0 Å². The highest BCUT2D eigenvalue weighted by molar-refractivity contribution is 6.08. The molecule has 0 aliphatic heterocycles. The van der Waals surface area contributed by atoms with Crippen LogP contribution in [-0.2, 0) is 6.42 Å². The summed E-state index contributed by atoms with van der Waals surface area (Å²) in [5.74, 6) is 0.730. The van der Waals surface area contributed by atoms with Crippen LogP contribution in [-0.4, -0.2) is 10.2 Å². The van der Waals surface area contributed by atoms with Gasteiger partial charge in [0.2, 0.25) is 0 Å². The lowest BCUT2D eigenvalue weighted by molar-refractivity contribution is 0.278. The minimum Gasteiger partial charge on any atom is -0.207 e. The molecule has 0 nitrogen and oxygen atoms in total. The Labute approximate surface area is 153 Å². The highest BCUT2D eigenvalue weighted by atomic mass is 28.1. The molecule has 1 fully saturated rings. The number of hydrogen-bond donors (Lipinski definition) is 0. The minimum absolute atomic E-state index is 0.0786. The smallest absolute Gasteiger partial charge is 0.129 e. The molecule has 0 bridgehead atoms. The van der Waals surface area contributed by atoms with Crippen molar-refractivity contribution in [1.82, 2.24) is 0 Å². The van der Waals surface area contributed by atoms with E-state index in [0.717, 1.165) is 29.9 Å². The van der Waals surface area contributed by atoms with Crippen molar-refractivity contribution in [3.05, 3.63) is 59.2 Å². The minimum atomic E-state index is -0.488. The Hall–Kier alpha value is -1.48. The Bertz CT molecular complexity index is 677. The van der Waals surface area contributed by atoms with Gasteiger partial charge in [-0.3, -0.25) is 0 Å². The van der Waals surface area contributed by atoms with Crippen molar-refractivity contribution in [2.45, 2.75) is 51.5 Å². The third-order valence-corrected chi connectivity index (χ3v) is 6.24. The molecule has 0 atom stereocenters. The molecule has 0 saturated heterocycles. The zero-order valence-electron chi connectivity index (χ0n) is 14.8. The van der Waals surface area contributed by atoms with Gasteiger partial charge < -0.3 is 0 Å². The van der Waals surface area contributed by atoms with E-state index in [-0.39, 0.29) is 5.56 Å². The maximum atomic E-state index is 13.7. The third-order valence-electron chi connectivity index (χ3n) is 5.66. The van der Waals surface area contributed by atoms with Crippen LogP contribution in [0.2, 0.25) is 6.04 Å². The van der Waals surface area contributed by atoms with Crippen LogP contribution in [0.1, 0.15) is 43.2 Å². The standard InChI is InChI=1S/C22H25F2Si/c1-15-21(23)12-20(13-22(15)24)19-10-8-17(9-11-19)3-2-16-4-6-18(14-25)7-5-16/h8-13,16,18H,2-7,14H2,1H3. The van der Waals surface area contributed by atoms with E-state index in [1.807, 2.05) is 12.1 Å². The van der Waals surface area contributed by atoms with E-state index in [1.54, 1.807) is 0 Å². The van der Waals surface area contributed by atoms with Crippen LogP contribution in [0.15, 0.2) is 36.4 Å². The van der Waals surface area contributed by atoms with Crippen molar-refractivity contribution in [3.63, 3.8) is 0 Å². The fraction of sp³-hybridized carbons (Fsp3) is 0.455. The lowest BCUT2D eigenvalue weighted by atomic mass is 9.80. The lowest BCUT2D eigenvalue weighted by Gasteiger charge is -2.27. The van der Waals surface area contributed by atoms with Crippen molar-refractivity contribution < 1.29 is 8.78 Å². The van der Waals surface area contributed by atoms with E-state index in [0.29, 0.717) is 5.56 Å². The average Bonchev–Trinajstić information content (AvgIpc) is 2.65. The maximum Gasteiger partial charge on any atom is 0.129 e. The molecule has 0 aromatic heterocycles. The van der Waals surface area contributed by atoms with Gasteiger partial charge in [0.25, 0.3) is 0 Å². The first-order chi connectivity index (χ1) is 12.1. The van der Waals surface area contributed by atoms with Crippen LogP contribution in [0, 0.1) is 30.4 Å². The quantitative estimate of drug-likeness (QED) is 0.555. The molecular formula is C22H25F2Si. The highest BCUT2D eigenvalue weighted by Crippen LogP contribution is 2.33. The number of rotatable bonds is 5. The van der Waals surface area contributed by atoms with Crippen LogP contribution in [0.3, 0.4) is 0 Å². The molecule has 0 spiro atoms. The second-order valence-electron chi connectivity index (χ2n) is 7.39. The molecule has 2 aromatic carbocycles. The number of halogens is 2. The molecule has 1 saturated carbocycles. The van der Waals surface area contributed by atoms with Gasteiger partial charge in [-0.25, -0.2) is 8.78 Å². The summed E-state index contributed by atoms with van der Waals surface area (Å²) in [6.45, 7) is 1.46. The van der Waals surface area contributed by atoms with Crippen molar-refractivity contribution in [2.75, 3.05) is 0 Å². The first kappa shape index (κ1) is 18.3. The fourth-order valence-corrected chi connectivity index (χ4v) is 4.18. The van der Waals surface area contributed by atoms with Crippen molar-refractivity contribution in [1.29, 1.82) is 0 Å². The summed E-state index contributed by atoms with van der Waals surface area (Å²) in [5.41, 5.74) is 2.84. The predicted molar refractivity (Wildman–Crippen MR) is 101 cm³/mol. The van der Waals surface area contributed by atoms with Gasteiger partial charge in [0.15, 0.2) is 0 Å². The first-order valence-electron chi connectivity index (χ1n) is 9.26. The largest absolute Gasteiger partial charge is 0.207 e. The van der Waals surface area contributed by atoms with Gasteiger partial charge in [-0.2, -0.15) is 0 Å². The van der Waals surface area contributed by atoms with Gasteiger partial charge in [0.05, 0.1) is 0 Å². The molecule has 2 aromatic rings. The number of hydrogen-bond acceptors (Lipinski definition) is 0. The first-order valence-corrected chi connectivity index (χ1v) is 9.97. The molecular weight excluding hydrogens is 330 g/mol. The summed E-state index contributed by atoms with van der Waals surface area (Å²) in [6, 6.07) is 12.1. The Morgan fingerprint density at radius 2 is 1.44 bits per heavy atom. The molecule has 0 amide bonds. The summed E-state index contributed by atoms with van der Waals surface area (Å²) >= 11 is 0. The molecule has 0 unspecified atom stereocenters. The molecule has 25 heavy (non-hydrogen) atoms. The van der Waals surface area contributed by atoms with E-state index in [1.165, 1.54) is 56.7 Å². The van der Waals surface area contributed by atoms with Gasteiger partial charge in [-0.1, -0.05) is 56.0 Å². The zero-order valence-corrected chi connectivity index (χ0v) is 15.8. The zero-order chi connectivity index (χ0) is 17.8. The van der Waals surface area contributed by atoms with Crippen molar-refractivity contribution in [2.24, 2.45) is 11.8 Å². The average molecular weight is 356 g/mol. The van der Waals surface area contributed by atoms with Gasteiger partial charge in [-0.05, 0) is 60.4 Å². The van der Waals surface area contributed by atoms with Crippen LogP contribution < -0.4 is 0 Å².